The van der Waals surface area contributed by atoms with Crippen LogP contribution in [0.1, 0.15) is 18.4 Å². The molecule has 6 nitrogen and oxygen atoms in total. The van der Waals surface area contributed by atoms with Gasteiger partial charge in [-0.05, 0) is 36.6 Å². The standard InChI is InChI=1S/C21H22ClN3O3/c1-23-20(27)19-21(10-5-11-26,14-6-3-2-4-7-14)18-13-28-17-9-8-15(22)12-16(17)25(18)24-19/h2-4,6-9,12,18,26H,5,10-11,13H2,1H3,(H,23,27)/t18-,21+/m0/s1. The molecule has 0 radical (unpaired) electrons. The quantitative estimate of drug-likeness (QED) is 0.810. The van der Waals surface area contributed by atoms with Crippen LogP contribution in [-0.4, -0.2) is 43.0 Å². The van der Waals surface area contributed by atoms with Gasteiger partial charge >= 0.3 is 0 Å². The number of nitrogens with one attached hydrogen (secondary N) is 1. The average Bonchev–Trinajstić information content (AvgIpc) is 3.08. The number of anilines is 1. The van der Waals surface area contributed by atoms with Crippen molar-refractivity contribution in [3.05, 3.63) is 59.1 Å². The first-order valence-electron chi connectivity index (χ1n) is 9.31. The first-order valence-corrected chi connectivity index (χ1v) is 9.68. The van der Waals surface area contributed by atoms with Crippen molar-refractivity contribution < 1.29 is 14.6 Å². The second kappa shape index (κ2) is 7.45. The maximum atomic E-state index is 12.9. The van der Waals surface area contributed by atoms with Crippen molar-refractivity contribution in [1.82, 2.24) is 5.32 Å². The molecule has 0 fully saturated rings. The van der Waals surface area contributed by atoms with Gasteiger partial charge in [-0.2, -0.15) is 5.10 Å². The lowest BCUT2D eigenvalue weighted by Gasteiger charge is -2.41. The normalized spacial score (nSPS) is 22.8. The van der Waals surface area contributed by atoms with Gasteiger partial charge < -0.3 is 15.2 Å². The largest absolute Gasteiger partial charge is 0.489 e. The maximum Gasteiger partial charge on any atom is 0.268 e. The van der Waals surface area contributed by atoms with Crippen LogP contribution in [0.4, 0.5) is 5.69 Å². The van der Waals surface area contributed by atoms with Gasteiger partial charge in [0.1, 0.15) is 29.8 Å². The fraction of sp³-hybridized carbons (Fsp3) is 0.333. The summed E-state index contributed by atoms with van der Waals surface area (Å²) in [7, 11) is 1.60. The first-order chi connectivity index (χ1) is 13.6. The zero-order valence-corrected chi connectivity index (χ0v) is 16.3. The van der Waals surface area contributed by atoms with Crippen LogP contribution in [0, 0.1) is 0 Å². The molecule has 2 N–H and O–H groups in total. The monoisotopic (exact) mass is 399 g/mol. The van der Waals surface area contributed by atoms with Gasteiger partial charge in [0.25, 0.3) is 5.91 Å². The number of aliphatic hydroxyl groups is 1. The number of halogens is 1. The van der Waals surface area contributed by atoms with Gasteiger partial charge in [-0.25, -0.2) is 0 Å². The smallest absolute Gasteiger partial charge is 0.268 e. The fourth-order valence-corrected chi connectivity index (χ4v) is 4.41. The van der Waals surface area contributed by atoms with Crippen molar-refractivity contribution in [2.75, 3.05) is 25.3 Å². The second-order valence-corrected chi connectivity index (χ2v) is 7.41. The van der Waals surface area contributed by atoms with Gasteiger partial charge in [0.2, 0.25) is 0 Å². The highest BCUT2D eigenvalue weighted by Crippen LogP contribution is 2.48. The minimum Gasteiger partial charge on any atom is -0.489 e. The maximum absolute atomic E-state index is 12.9. The Morgan fingerprint density at radius 3 is 2.86 bits per heavy atom. The predicted octanol–water partition coefficient (Wildman–Crippen LogP) is 2.73. The first kappa shape index (κ1) is 18.8. The van der Waals surface area contributed by atoms with Crippen LogP contribution in [0.25, 0.3) is 0 Å². The number of carbonyl (C=O) groups excluding carboxylic acids is 1. The molecule has 0 bridgehead atoms. The van der Waals surface area contributed by atoms with Crippen molar-refractivity contribution in [1.29, 1.82) is 0 Å². The lowest BCUT2D eigenvalue weighted by atomic mass is 9.67. The fourth-order valence-electron chi connectivity index (χ4n) is 4.25. The number of hydrazone groups is 1. The van der Waals surface area contributed by atoms with Crippen LogP contribution < -0.4 is 15.1 Å². The summed E-state index contributed by atoms with van der Waals surface area (Å²) in [5.74, 6) is 0.450. The van der Waals surface area contributed by atoms with Crippen LogP contribution in [0.2, 0.25) is 5.02 Å². The number of ether oxygens (including phenoxy) is 1. The Morgan fingerprint density at radius 2 is 2.14 bits per heavy atom. The highest BCUT2D eigenvalue weighted by molar-refractivity contribution is 6.43. The summed E-state index contributed by atoms with van der Waals surface area (Å²) >= 11 is 6.22. The highest BCUT2D eigenvalue weighted by atomic mass is 35.5. The minimum atomic E-state index is -0.704. The van der Waals surface area contributed by atoms with Crippen molar-refractivity contribution in [3.8, 4) is 5.75 Å². The molecule has 2 atom stereocenters. The number of nitrogens with zero attached hydrogens (tertiary/aromatic N) is 2. The Bertz CT molecular complexity index is 918. The van der Waals surface area contributed by atoms with E-state index in [1.807, 2.05) is 41.4 Å². The van der Waals surface area contributed by atoms with E-state index in [9.17, 15) is 9.90 Å². The number of benzene rings is 2. The zero-order valence-electron chi connectivity index (χ0n) is 15.6. The Kier molecular flexibility index (Phi) is 5.00. The van der Waals surface area contributed by atoms with E-state index in [1.165, 1.54) is 0 Å². The summed E-state index contributed by atoms with van der Waals surface area (Å²) in [6, 6.07) is 15.0. The molecule has 1 amide bonds. The minimum absolute atomic E-state index is 0.0333. The molecule has 2 aromatic rings. The van der Waals surface area contributed by atoms with Crippen LogP contribution in [0.15, 0.2) is 53.6 Å². The molecule has 2 aliphatic rings. The van der Waals surface area contributed by atoms with E-state index in [-0.39, 0.29) is 18.6 Å². The Labute approximate surface area is 168 Å². The number of rotatable bonds is 5. The molecule has 7 heteroatoms. The van der Waals surface area contributed by atoms with E-state index < -0.39 is 5.41 Å². The molecule has 0 unspecified atom stereocenters. The molecule has 4 rings (SSSR count). The van der Waals surface area contributed by atoms with Gasteiger partial charge in [0.15, 0.2) is 0 Å². The lowest BCUT2D eigenvalue weighted by Crippen LogP contribution is -2.55. The highest BCUT2D eigenvalue weighted by Gasteiger charge is 2.56. The van der Waals surface area contributed by atoms with Gasteiger partial charge in [0, 0.05) is 18.7 Å². The summed E-state index contributed by atoms with van der Waals surface area (Å²) in [5.41, 5.74) is 1.44. The summed E-state index contributed by atoms with van der Waals surface area (Å²) in [4.78, 5) is 12.9. The van der Waals surface area contributed by atoms with Gasteiger partial charge in [-0.1, -0.05) is 41.9 Å². The number of hydrogen-bond acceptors (Lipinski definition) is 5. The molecule has 0 saturated carbocycles. The summed E-state index contributed by atoms with van der Waals surface area (Å²) < 4.78 is 6.04. The van der Waals surface area contributed by atoms with Crippen molar-refractivity contribution in [2.45, 2.75) is 24.3 Å². The third-order valence-corrected chi connectivity index (χ3v) is 5.75. The van der Waals surface area contributed by atoms with E-state index in [0.717, 1.165) is 11.3 Å². The predicted molar refractivity (Wildman–Crippen MR) is 109 cm³/mol. The summed E-state index contributed by atoms with van der Waals surface area (Å²) in [5, 5.41) is 19.5. The van der Waals surface area contributed by atoms with Gasteiger partial charge in [-0.15, -0.1) is 0 Å². The van der Waals surface area contributed by atoms with E-state index >= 15 is 0 Å². The molecule has 28 heavy (non-hydrogen) atoms. The van der Waals surface area contributed by atoms with E-state index in [2.05, 4.69) is 5.32 Å². The third kappa shape index (κ3) is 2.84. The molecule has 0 spiro atoms. The molecule has 0 saturated heterocycles. The number of amides is 1. The SMILES string of the molecule is CNC(=O)C1=NN2c3cc(Cl)ccc3OC[C@H]2[C@@]1(CCCO)c1ccccc1. The average molecular weight is 400 g/mol. The van der Waals surface area contributed by atoms with Crippen molar-refractivity contribution in [3.63, 3.8) is 0 Å². The van der Waals surface area contributed by atoms with Gasteiger partial charge in [0.05, 0.1) is 5.41 Å². The Hall–Kier alpha value is -2.57. The Morgan fingerprint density at radius 1 is 1.36 bits per heavy atom. The number of carbonyl (C=O) groups is 1. The van der Waals surface area contributed by atoms with Crippen LogP contribution >= 0.6 is 11.6 Å². The molecule has 2 aliphatic heterocycles. The van der Waals surface area contributed by atoms with E-state index in [0.29, 0.717) is 35.9 Å². The lowest BCUT2D eigenvalue weighted by molar-refractivity contribution is -0.114. The van der Waals surface area contributed by atoms with Crippen molar-refractivity contribution in [2.24, 2.45) is 5.10 Å². The van der Waals surface area contributed by atoms with Crippen LogP contribution in [-0.2, 0) is 10.2 Å². The van der Waals surface area contributed by atoms with Gasteiger partial charge in [-0.3, -0.25) is 9.80 Å². The number of aliphatic hydroxyl groups excluding tert-OH is 1. The number of hydrogen-bond donors (Lipinski definition) is 2. The third-order valence-electron chi connectivity index (χ3n) is 5.52. The molecule has 0 aromatic heterocycles. The molecule has 146 valence electrons. The summed E-state index contributed by atoms with van der Waals surface area (Å²) in [6.45, 7) is 0.407. The summed E-state index contributed by atoms with van der Waals surface area (Å²) in [6.07, 6.45) is 1.11. The molecule has 0 aliphatic carbocycles. The van der Waals surface area contributed by atoms with Crippen LogP contribution in [0.3, 0.4) is 0 Å². The van der Waals surface area contributed by atoms with E-state index in [1.54, 1.807) is 19.2 Å². The molecule has 2 aromatic carbocycles. The number of fused-ring (bicyclic) bond motifs is 3. The van der Waals surface area contributed by atoms with Crippen molar-refractivity contribution >= 4 is 28.9 Å². The molecular formula is C21H22ClN3O3. The topological polar surface area (TPSA) is 74.2 Å². The zero-order chi connectivity index (χ0) is 19.7. The molecule has 2 heterocycles. The Balaban J connectivity index is 1.92. The molecular weight excluding hydrogens is 378 g/mol. The van der Waals surface area contributed by atoms with E-state index in [4.69, 9.17) is 21.4 Å². The van der Waals surface area contributed by atoms with Crippen LogP contribution in [0.5, 0.6) is 5.75 Å². The second-order valence-electron chi connectivity index (χ2n) is 6.98.